The van der Waals surface area contributed by atoms with Crippen molar-refractivity contribution in [2.24, 2.45) is 0 Å². The Morgan fingerprint density at radius 3 is 3.12 bits per heavy atom. The van der Waals surface area contributed by atoms with E-state index in [-0.39, 0.29) is 0 Å². The molecule has 0 aliphatic carbocycles. The van der Waals surface area contributed by atoms with Gasteiger partial charge in [0.2, 0.25) is 0 Å². The van der Waals surface area contributed by atoms with Crippen molar-refractivity contribution in [3.05, 3.63) is 40.6 Å². The minimum absolute atomic E-state index is 0.391. The zero-order valence-electron chi connectivity index (χ0n) is 9.68. The lowest BCUT2D eigenvalue weighted by Crippen LogP contribution is -2.19. The molecule has 0 amide bonds. The predicted octanol–water partition coefficient (Wildman–Crippen LogP) is 2.82. The van der Waals surface area contributed by atoms with Gasteiger partial charge in [-0.3, -0.25) is 0 Å². The molecule has 16 heavy (non-hydrogen) atoms. The van der Waals surface area contributed by atoms with Crippen LogP contribution in [0.25, 0.3) is 0 Å². The Hall–Kier alpha value is -1.13. The lowest BCUT2D eigenvalue weighted by molar-refractivity contribution is 0.546. The molecular formula is C12H17N3S. The van der Waals surface area contributed by atoms with Gasteiger partial charge in [0.25, 0.3) is 0 Å². The van der Waals surface area contributed by atoms with Gasteiger partial charge in [-0.15, -0.1) is 11.3 Å². The van der Waals surface area contributed by atoms with Gasteiger partial charge in [0.15, 0.2) is 0 Å². The smallest absolute Gasteiger partial charge is 0.122 e. The Kier molecular flexibility index (Phi) is 3.74. The van der Waals surface area contributed by atoms with Crippen LogP contribution < -0.4 is 5.32 Å². The molecule has 2 aromatic heterocycles. The van der Waals surface area contributed by atoms with Crippen LogP contribution in [0.4, 0.5) is 0 Å². The van der Waals surface area contributed by atoms with Crippen LogP contribution in [0.15, 0.2) is 29.9 Å². The zero-order valence-corrected chi connectivity index (χ0v) is 10.5. The van der Waals surface area contributed by atoms with E-state index in [9.17, 15) is 0 Å². The van der Waals surface area contributed by atoms with E-state index in [1.807, 2.05) is 12.4 Å². The van der Waals surface area contributed by atoms with Crippen molar-refractivity contribution < 1.29 is 0 Å². The van der Waals surface area contributed by atoms with Crippen molar-refractivity contribution >= 4 is 11.3 Å². The summed E-state index contributed by atoms with van der Waals surface area (Å²) in [6, 6.07) is 4.64. The second kappa shape index (κ2) is 5.27. The van der Waals surface area contributed by atoms with Gasteiger partial charge in [-0.2, -0.15) is 0 Å². The Bertz CT molecular complexity index is 419. The summed E-state index contributed by atoms with van der Waals surface area (Å²) in [4.78, 5) is 5.71. The van der Waals surface area contributed by atoms with E-state index in [4.69, 9.17) is 0 Å². The summed E-state index contributed by atoms with van der Waals surface area (Å²) in [5.74, 6) is 1.10. The number of rotatable bonds is 5. The molecule has 0 unspecified atom stereocenters. The third kappa shape index (κ3) is 2.51. The highest BCUT2D eigenvalue weighted by Crippen LogP contribution is 2.18. The van der Waals surface area contributed by atoms with E-state index in [0.29, 0.717) is 6.04 Å². The van der Waals surface area contributed by atoms with Crippen LogP contribution in [0, 0.1) is 0 Å². The van der Waals surface area contributed by atoms with Gasteiger partial charge in [-0.1, -0.05) is 6.07 Å². The molecule has 0 saturated carbocycles. The summed E-state index contributed by atoms with van der Waals surface area (Å²) in [7, 11) is 0. The monoisotopic (exact) mass is 235 g/mol. The van der Waals surface area contributed by atoms with Crippen LogP contribution in [0.5, 0.6) is 0 Å². The molecule has 0 aliphatic rings. The molecule has 0 aromatic carbocycles. The average molecular weight is 235 g/mol. The van der Waals surface area contributed by atoms with Crippen molar-refractivity contribution in [1.29, 1.82) is 0 Å². The first-order valence-corrected chi connectivity index (χ1v) is 6.46. The zero-order chi connectivity index (χ0) is 11.4. The van der Waals surface area contributed by atoms with Crippen LogP contribution >= 0.6 is 11.3 Å². The Morgan fingerprint density at radius 1 is 1.56 bits per heavy atom. The van der Waals surface area contributed by atoms with Crippen molar-refractivity contribution in [3.8, 4) is 0 Å². The van der Waals surface area contributed by atoms with E-state index in [2.05, 4.69) is 46.2 Å². The Morgan fingerprint density at radius 2 is 2.44 bits per heavy atom. The summed E-state index contributed by atoms with van der Waals surface area (Å²) < 4.78 is 2.16. The number of thiophene rings is 1. The fourth-order valence-corrected chi connectivity index (χ4v) is 2.44. The molecule has 2 rings (SSSR count). The lowest BCUT2D eigenvalue weighted by atomic mass is 10.3. The maximum absolute atomic E-state index is 4.34. The summed E-state index contributed by atoms with van der Waals surface area (Å²) in [5.41, 5.74) is 0. The molecule has 0 aliphatic heterocycles. The first-order valence-electron chi connectivity index (χ1n) is 5.58. The number of nitrogens with one attached hydrogen (secondary N) is 1. The third-order valence-electron chi connectivity index (χ3n) is 2.68. The van der Waals surface area contributed by atoms with Crippen LogP contribution in [0.3, 0.4) is 0 Å². The maximum atomic E-state index is 4.34. The van der Waals surface area contributed by atoms with Crippen LogP contribution in [0.1, 0.15) is 30.6 Å². The second-order valence-corrected chi connectivity index (χ2v) is 4.73. The number of aryl methyl sites for hydroxylation is 1. The van der Waals surface area contributed by atoms with E-state index in [0.717, 1.165) is 18.9 Å². The fourth-order valence-electron chi connectivity index (χ4n) is 1.68. The van der Waals surface area contributed by atoms with Crippen molar-refractivity contribution in [1.82, 2.24) is 14.9 Å². The van der Waals surface area contributed by atoms with Gasteiger partial charge in [-0.05, 0) is 25.3 Å². The van der Waals surface area contributed by atoms with Crippen LogP contribution in [0.2, 0.25) is 0 Å². The van der Waals surface area contributed by atoms with Crippen LogP contribution in [-0.4, -0.2) is 9.55 Å². The summed E-state index contributed by atoms with van der Waals surface area (Å²) in [6.45, 7) is 6.11. The molecule has 2 heterocycles. The molecule has 0 spiro atoms. The van der Waals surface area contributed by atoms with E-state index < -0.39 is 0 Å². The third-order valence-corrected chi connectivity index (χ3v) is 3.73. The number of aromatic nitrogens is 2. The number of hydrogen-bond acceptors (Lipinski definition) is 3. The highest BCUT2D eigenvalue weighted by molar-refractivity contribution is 7.10. The number of nitrogens with zero attached hydrogens (tertiary/aromatic N) is 2. The van der Waals surface area contributed by atoms with Crippen molar-refractivity contribution in [2.45, 2.75) is 33.0 Å². The predicted molar refractivity (Wildman–Crippen MR) is 67.5 cm³/mol. The normalized spacial score (nSPS) is 12.9. The first kappa shape index (κ1) is 11.4. The summed E-state index contributed by atoms with van der Waals surface area (Å²) >= 11 is 1.79. The molecule has 0 bridgehead atoms. The quantitative estimate of drug-likeness (QED) is 0.863. The van der Waals surface area contributed by atoms with Gasteiger partial charge in [0.1, 0.15) is 5.82 Å². The van der Waals surface area contributed by atoms with E-state index >= 15 is 0 Å². The standard InChI is InChI=1S/C12H17N3S/c1-3-15-7-6-13-12(15)9-14-10(2)11-5-4-8-16-11/h4-8,10,14H,3,9H2,1-2H3/t10-/m1/s1. The molecule has 1 atom stereocenters. The van der Waals surface area contributed by atoms with Gasteiger partial charge in [-0.25, -0.2) is 4.98 Å². The molecule has 0 fully saturated rings. The number of hydrogen-bond donors (Lipinski definition) is 1. The molecule has 2 aromatic rings. The molecule has 86 valence electrons. The van der Waals surface area contributed by atoms with Gasteiger partial charge < -0.3 is 9.88 Å². The molecule has 0 radical (unpaired) electrons. The van der Waals surface area contributed by atoms with Gasteiger partial charge >= 0.3 is 0 Å². The van der Waals surface area contributed by atoms with Gasteiger partial charge in [0, 0.05) is 29.9 Å². The highest BCUT2D eigenvalue weighted by atomic mass is 32.1. The minimum Gasteiger partial charge on any atom is -0.334 e. The molecular weight excluding hydrogens is 218 g/mol. The van der Waals surface area contributed by atoms with Crippen LogP contribution in [-0.2, 0) is 13.1 Å². The van der Waals surface area contributed by atoms with E-state index in [1.165, 1.54) is 4.88 Å². The SMILES string of the molecule is CCn1ccnc1CN[C@H](C)c1cccs1. The molecule has 3 nitrogen and oxygen atoms in total. The van der Waals surface area contributed by atoms with Crippen molar-refractivity contribution in [2.75, 3.05) is 0 Å². The minimum atomic E-state index is 0.391. The fraction of sp³-hybridized carbons (Fsp3) is 0.417. The number of imidazole rings is 1. The lowest BCUT2D eigenvalue weighted by Gasteiger charge is -2.12. The average Bonchev–Trinajstić information content (AvgIpc) is 2.96. The van der Waals surface area contributed by atoms with E-state index in [1.54, 1.807) is 11.3 Å². The summed E-state index contributed by atoms with van der Waals surface area (Å²) in [6.07, 6.45) is 3.88. The first-order chi connectivity index (χ1) is 7.81. The van der Waals surface area contributed by atoms with Gasteiger partial charge in [0.05, 0.1) is 6.54 Å². The largest absolute Gasteiger partial charge is 0.334 e. The van der Waals surface area contributed by atoms with Crippen molar-refractivity contribution in [3.63, 3.8) is 0 Å². The molecule has 0 saturated heterocycles. The summed E-state index contributed by atoms with van der Waals surface area (Å²) in [5, 5.41) is 5.60. The topological polar surface area (TPSA) is 29.9 Å². The highest BCUT2D eigenvalue weighted by Gasteiger charge is 2.07. The Balaban J connectivity index is 1.92. The molecule has 4 heteroatoms. The maximum Gasteiger partial charge on any atom is 0.122 e. The second-order valence-electron chi connectivity index (χ2n) is 3.75. The Labute approximate surface area is 100 Å². The molecule has 1 N–H and O–H groups in total.